The number of rotatable bonds is 5. The minimum Gasteiger partial charge on any atom is -0.0622 e. The first-order chi connectivity index (χ1) is 38.2. The molecule has 0 saturated carbocycles. The molecule has 0 heteroatoms. The van der Waals surface area contributed by atoms with Crippen molar-refractivity contribution in [3.63, 3.8) is 0 Å². The van der Waals surface area contributed by atoms with Gasteiger partial charge in [0.25, 0.3) is 0 Å². The Balaban J connectivity index is 0.968. The van der Waals surface area contributed by atoms with Gasteiger partial charge in [-0.2, -0.15) is 0 Å². The lowest BCUT2D eigenvalue weighted by Gasteiger charge is -2.23. The summed E-state index contributed by atoms with van der Waals surface area (Å²) in [6, 6.07) is 96.8. The van der Waals surface area contributed by atoms with Crippen molar-refractivity contribution in [3.8, 4) is 77.9 Å². The Labute approximate surface area is 455 Å². The topological polar surface area (TPSA) is 0 Å². The summed E-state index contributed by atoms with van der Waals surface area (Å²) in [4.78, 5) is 0. The van der Waals surface area contributed by atoms with E-state index in [9.17, 15) is 0 Å². The minimum absolute atomic E-state index is 0.111. The lowest BCUT2D eigenvalue weighted by molar-refractivity contribution is 0.660. The number of hydrogen-bond donors (Lipinski definition) is 0. The molecular formula is C78H54. The SMILES string of the molecule is CC1(C)c2ccccc2-c2ccc(-c3cc4c5cc(-c6ccc7c(-c8ccccc8)cc8c9ccccc9c(-c9ccccc9)cc8c7c6)ccc5c(-c5ccc6c(c5)C(C)(C)c5ccccc5-6)cc4c4ccccc34)cc21. The molecule has 0 spiro atoms. The molecule has 0 bridgehead atoms. The van der Waals surface area contributed by atoms with E-state index in [2.05, 4.69) is 282 Å². The summed E-state index contributed by atoms with van der Waals surface area (Å²) in [5.41, 5.74) is 23.0. The monoisotopic (exact) mass is 990 g/mol. The van der Waals surface area contributed by atoms with Crippen molar-refractivity contribution in [3.05, 3.63) is 277 Å². The van der Waals surface area contributed by atoms with Crippen molar-refractivity contribution in [2.75, 3.05) is 0 Å². The van der Waals surface area contributed by atoms with Crippen LogP contribution in [0.15, 0.2) is 255 Å². The lowest BCUT2D eigenvalue weighted by Crippen LogP contribution is -2.14. The fourth-order valence-corrected chi connectivity index (χ4v) is 14.3. The maximum atomic E-state index is 2.52. The van der Waals surface area contributed by atoms with Gasteiger partial charge in [-0.3, -0.25) is 0 Å². The Bertz CT molecular complexity index is 4880. The normalized spacial score (nSPS) is 13.8. The van der Waals surface area contributed by atoms with E-state index in [-0.39, 0.29) is 10.8 Å². The molecule has 0 unspecified atom stereocenters. The third-order valence-corrected chi connectivity index (χ3v) is 18.2. The van der Waals surface area contributed by atoms with Crippen LogP contribution < -0.4 is 0 Å². The molecule has 14 aromatic rings. The molecule has 366 valence electrons. The Morgan fingerprint density at radius 2 is 0.462 bits per heavy atom. The van der Waals surface area contributed by atoms with E-state index in [1.165, 1.54) is 165 Å². The van der Waals surface area contributed by atoms with Gasteiger partial charge in [0.05, 0.1) is 0 Å². The highest BCUT2D eigenvalue weighted by atomic mass is 14.4. The van der Waals surface area contributed by atoms with Crippen LogP contribution >= 0.6 is 0 Å². The Kier molecular flexibility index (Phi) is 9.54. The second-order valence-electron chi connectivity index (χ2n) is 23.1. The van der Waals surface area contributed by atoms with Gasteiger partial charge in [-0.1, -0.05) is 234 Å². The van der Waals surface area contributed by atoms with Crippen LogP contribution in [0.5, 0.6) is 0 Å². The minimum atomic E-state index is -0.121. The molecule has 0 radical (unpaired) electrons. The second kappa shape index (κ2) is 16.6. The number of hydrogen-bond acceptors (Lipinski definition) is 0. The van der Waals surface area contributed by atoms with Gasteiger partial charge in [0, 0.05) is 10.8 Å². The van der Waals surface area contributed by atoms with Crippen LogP contribution in [0.25, 0.3) is 143 Å². The van der Waals surface area contributed by atoms with E-state index in [1.807, 2.05) is 0 Å². The van der Waals surface area contributed by atoms with Crippen LogP contribution in [0.2, 0.25) is 0 Å². The van der Waals surface area contributed by atoms with Gasteiger partial charge >= 0.3 is 0 Å². The highest BCUT2D eigenvalue weighted by Gasteiger charge is 2.37. The van der Waals surface area contributed by atoms with Gasteiger partial charge in [0.1, 0.15) is 0 Å². The molecule has 78 heavy (non-hydrogen) atoms. The average molecular weight is 991 g/mol. The fourth-order valence-electron chi connectivity index (χ4n) is 14.3. The van der Waals surface area contributed by atoms with E-state index in [0.717, 1.165) is 0 Å². The van der Waals surface area contributed by atoms with Crippen LogP contribution in [-0.2, 0) is 10.8 Å². The molecule has 0 N–H and O–H groups in total. The van der Waals surface area contributed by atoms with Crippen molar-refractivity contribution >= 4 is 64.6 Å². The molecule has 0 aliphatic heterocycles. The van der Waals surface area contributed by atoms with Gasteiger partial charge in [0.15, 0.2) is 0 Å². The Morgan fingerprint density at radius 3 is 0.885 bits per heavy atom. The standard InChI is InChI=1S/C78H54/c1-77(2)73-29-17-15-27-59(73)61-37-33-51(41-75(61)77)65-46-72-68-40-50(32-36-58(68)66(45-70(72)56-26-14-12-24-54(56)65)52-34-38-62-60-28-16-18-30-74(60)78(3,4)76(62)42-52)49-31-35-57-64(48-21-9-6-10-22-48)43-69-55-25-13-11-23-53(55)63(44-71(69)67(57)39-49)47-19-7-5-8-20-47/h5-46H,1-4H3. The quantitative estimate of drug-likeness (QED) is 0.151. The molecule has 0 fully saturated rings. The second-order valence-corrected chi connectivity index (χ2v) is 23.1. The average Bonchev–Trinajstić information content (AvgIpc) is 3.88. The van der Waals surface area contributed by atoms with Gasteiger partial charge in [-0.15, -0.1) is 0 Å². The molecule has 0 amide bonds. The molecule has 0 heterocycles. The first kappa shape index (κ1) is 44.9. The van der Waals surface area contributed by atoms with Gasteiger partial charge < -0.3 is 0 Å². The molecular weight excluding hydrogens is 937 g/mol. The third kappa shape index (κ3) is 6.47. The van der Waals surface area contributed by atoms with E-state index in [1.54, 1.807) is 0 Å². The fraction of sp³-hybridized carbons (Fsp3) is 0.0769. The van der Waals surface area contributed by atoms with Gasteiger partial charge in [-0.25, -0.2) is 0 Å². The summed E-state index contributed by atoms with van der Waals surface area (Å²) in [5.74, 6) is 0. The largest absolute Gasteiger partial charge is 0.0622 e. The van der Waals surface area contributed by atoms with Crippen LogP contribution in [0.3, 0.4) is 0 Å². The van der Waals surface area contributed by atoms with E-state index < -0.39 is 0 Å². The van der Waals surface area contributed by atoms with E-state index in [0.29, 0.717) is 0 Å². The molecule has 2 aliphatic rings. The van der Waals surface area contributed by atoms with Crippen LogP contribution in [0.4, 0.5) is 0 Å². The van der Waals surface area contributed by atoms with Crippen molar-refractivity contribution in [2.45, 2.75) is 38.5 Å². The zero-order valence-corrected chi connectivity index (χ0v) is 44.2. The predicted octanol–water partition coefficient (Wildman–Crippen LogP) is 21.6. The van der Waals surface area contributed by atoms with Crippen molar-refractivity contribution in [1.29, 1.82) is 0 Å². The van der Waals surface area contributed by atoms with Gasteiger partial charge in [-0.05, 0) is 213 Å². The Hall–Kier alpha value is -9.36. The van der Waals surface area contributed by atoms with Crippen LogP contribution in [0.1, 0.15) is 49.9 Å². The molecule has 16 rings (SSSR count). The molecule has 14 aromatic carbocycles. The molecule has 2 aliphatic carbocycles. The van der Waals surface area contributed by atoms with Crippen LogP contribution in [0, 0.1) is 0 Å². The summed E-state index contributed by atoms with van der Waals surface area (Å²) in [7, 11) is 0. The zero-order valence-electron chi connectivity index (χ0n) is 44.2. The number of benzene rings is 14. The molecule has 0 aromatic heterocycles. The predicted molar refractivity (Wildman–Crippen MR) is 334 cm³/mol. The van der Waals surface area contributed by atoms with E-state index in [4.69, 9.17) is 0 Å². The van der Waals surface area contributed by atoms with Crippen molar-refractivity contribution in [1.82, 2.24) is 0 Å². The van der Waals surface area contributed by atoms with Crippen LogP contribution in [-0.4, -0.2) is 0 Å². The highest BCUT2D eigenvalue weighted by Crippen LogP contribution is 2.53. The summed E-state index contributed by atoms with van der Waals surface area (Å²) >= 11 is 0. The van der Waals surface area contributed by atoms with E-state index >= 15 is 0 Å². The molecule has 0 saturated heterocycles. The lowest BCUT2D eigenvalue weighted by atomic mass is 9.80. The van der Waals surface area contributed by atoms with Crippen molar-refractivity contribution < 1.29 is 0 Å². The first-order valence-corrected chi connectivity index (χ1v) is 27.6. The summed E-state index contributed by atoms with van der Waals surface area (Å²) in [5, 5.41) is 15.1. The summed E-state index contributed by atoms with van der Waals surface area (Å²) < 4.78 is 0. The first-order valence-electron chi connectivity index (χ1n) is 27.6. The summed E-state index contributed by atoms with van der Waals surface area (Å²) in [6.07, 6.45) is 0. The maximum Gasteiger partial charge on any atom is 0.0159 e. The summed E-state index contributed by atoms with van der Waals surface area (Å²) in [6.45, 7) is 9.55. The molecule has 0 nitrogen and oxygen atoms in total. The smallest absolute Gasteiger partial charge is 0.0159 e. The number of fused-ring (bicyclic) bond motifs is 16. The maximum absolute atomic E-state index is 2.52. The highest BCUT2D eigenvalue weighted by molar-refractivity contribution is 6.26. The van der Waals surface area contributed by atoms with Gasteiger partial charge in [0.2, 0.25) is 0 Å². The zero-order chi connectivity index (χ0) is 52.0. The Morgan fingerprint density at radius 1 is 0.167 bits per heavy atom. The van der Waals surface area contributed by atoms with Crippen molar-refractivity contribution in [2.24, 2.45) is 0 Å². The third-order valence-electron chi connectivity index (χ3n) is 18.2. The molecule has 0 atom stereocenters.